The molecule has 1 aliphatic rings. The number of aliphatic hydroxyl groups excluding tert-OH is 2. The number of nitriles is 1. The first-order valence-electron chi connectivity index (χ1n) is 7.69. The van der Waals surface area contributed by atoms with Crippen molar-refractivity contribution in [2.24, 2.45) is 11.0 Å². The van der Waals surface area contributed by atoms with Crippen LogP contribution in [0.15, 0.2) is 41.5 Å². The molecular weight excluding hydrogens is 347 g/mol. The second kappa shape index (κ2) is 6.78. The average molecular weight is 361 g/mol. The lowest BCUT2D eigenvalue weighted by Crippen LogP contribution is -2.37. The number of benzene rings is 2. The maximum Gasteiger partial charge on any atom is 0.167 e. The maximum atomic E-state index is 14.3. The van der Waals surface area contributed by atoms with Gasteiger partial charge in [0, 0.05) is 0 Å². The molecule has 0 aromatic heterocycles. The van der Waals surface area contributed by atoms with E-state index in [9.17, 15) is 28.6 Å². The molecule has 5 nitrogen and oxygen atoms in total. The van der Waals surface area contributed by atoms with Crippen molar-refractivity contribution < 1.29 is 23.4 Å². The highest BCUT2D eigenvalue weighted by Crippen LogP contribution is 2.37. The van der Waals surface area contributed by atoms with Crippen LogP contribution in [0.4, 0.5) is 18.9 Å². The van der Waals surface area contributed by atoms with Gasteiger partial charge in [-0.05, 0) is 30.7 Å². The molecule has 0 fully saturated rings. The van der Waals surface area contributed by atoms with Crippen molar-refractivity contribution in [3.63, 3.8) is 0 Å². The molecule has 26 heavy (non-hydrogen) atoms. The summed E-state index contributed by atoms with van der Waals surface area (Å²) in [5.41, 5.74) is -1.06. The van der Waals surface area contributed by atoms with Gasteiger partial charge in [-0.2, -0.15) is 10.4 Å². The van der Waals surface area contributed by atoms with Crippen LogP contribution in [-0.4, -0.2) is 22.2 Å². The zero-order chi connectivity index (χ0) is 19.0. The van der Waals surface area contributed by atoms with Crippen molar-refractivity contribution in [1.82, 2.24) is 0 Å². The zero-order valence-corrected chi connectivity index (χ0v) is 13.6. The molecule has 2 N–H and O–H groups in total. The molecule has 0 radical (unpaired) electrons. The summed E-state index contributed by atoms with van der Waals surface area (Å²) in [7, 11) is 0. The van der Waals surface area contributed by atoms with Crippen molar-refractivity contribution in [3.8, 4) is 6.07 Å². The Balaban J connectivity index is 2.05. The predicted molar refractivity (Wildman–Crippen MR) is 87.5 cm³/mol. The largest absolute Gasteiger partial charge is 0.387 e. The summed E-state index contributed by atoms with van der Waals surface area (Å²) in [5, 5.41) is 35.3. The molecule has 1 heterocycles. The molecule has 3 atom stereocenters. The monoisotopic (exact) mass is 361 g/mol. The van der Waals surface area contributed by atoms with E-state index in [4.69, 9.17) is 0 Å². The highest BCUT2D eigenvalue weighted by molar-refractivity contribution is 6.03. The summed E-state index contributed by atoms with van der Waals surface area (Å²) < 4.78 is 42.1. The van der Waals surface area contributed by atoms with E-state index >= 15 is 0 Å². The van der Waals surface area contributed by atoms with Gasteiger partial charge in [-0.3, -0.25) is 0 Å². The molecule has 0 amide bonds. The van der Waals surface area contributed by atoms with Crippen molar-refractivity contribution in [1.29, 1.82) is 5.26 Å². The van der Waals surface area contributed by atoms with Crippen LogP contribution in [0.2, 0.25) is 0 Å². The van der Waals surface area contributed by atoms with Gasteiger partial charge in [-0.1, -0.05) is 18.2 Å². The van der Waals surface area contributed by atoms with E-state index < -0.39 is 41.3 Å². The number of hydrogen-bond donors (Lipinski definition) is 2. The molecule has 3 unspecified atom stereocenters. The van der Waals surface area contributed by atoms with Crippen LogP contribution >= 0.6 is 0 Å². The lowest BCUT2D eigenvalue weighted by atomic mass is 9.89. The average Bonchev–Trinajstić information content (AvgIpc) is 2.97. The van der Waals surface area contributed by atoms with E-state index in [2.05, 4.69) is 5.10 Å². The van der Waals surface area contributed by atoms with E-state index in [1.54, 1.807) is 36.4 Å². The molecule has 2 aromatic carbocycles. The zero-order valence-electron chi connectivity index (χ0n) is 13.6. The van der Waals surface area contributed by atoms with Gasteiger partial charge >= 0.3 is 0 Å². The van der Waals surface area contributed by atoms with Crippen LogP contribution in [0.1, 0.15) is 17.2 Å². The molecule has 0 bridgehead atoms. The van der Waals surface area contributed by atoms with Gasteiger partial charge in [0.25, 0.3) is 0 Å². The third kappa shape index (κ3) is 2.81. The molecule has 8 heteroatoms. The molecular formula is C18H14F3N3O2. The lowest BCUT2D eigenvalue weighted by Gasteiger charge is -2.26. The number of para-hydroxylation sites is 1. The number of nitrogens with zero attached hydrogens (tertiary/aromatic N) is 3. The molecule has 1 aliphatic heterocycles. The van der Waals surface area contributed by atoms with Crippen LogP contribution in [0.25, 0.3) is 0 Å². The summed E-state index contributed by atoms with van der Waals surface area (Å²) in [6, 6.07) is 10.7. The fourth-order valence-electron chi connectivity index (χ4n) is 2.93. The second-order valence-corrected chi connectivity index (χ2v) is 5.88. The van der Waals surface area contributed by atoms with Gasteiger partial charge in [0.1, 0.15) is 17.6 Å². The quantitative estimate of drug-likeness (QED) is 0.824. The topological polar surface area (TPSA) is 79.8 Å². The first kappa shape index (κ1) is 17.9. The van der Waals surface area contributed by atoms with Crippen LogP contribution in [0, 0.1) is 41.6 Å². The van der Waals surface area contributed by atoms with Crippen molar-refractivity contribution in [2.45, 2.75) is 19.3 Å². The van der Waals surface area contributed by atoms with E-state index in [0.29, 0.717) is 11.8 Å². The van der Waals surface area contributed by atoms with E-state index in [0.717, 1.165) is 5.01 Å². The third-order valence-electron chi connectivity index (χ3n) is 4.25. The van der Waals surface area contributed by atoms with Crippen LogP contribution in [0.3, 0.4) is 0 Å². The van der Waals surface area contributed by atoms with Crippen LogP contribution in [-0.2, 0) is 0 Å². The number of hydrazone groups is 1. The maximum absolute atomic E-state index is 14.3. The van der Waals surface area contributed by atoms with Crippen LogP contribution < -0.4 is 5.01 Å². The van der Waals surface area contributed by atoms with E-state index in [-0.39, 0.29) is 11.3 Å². The Morgan fingerprint density at radius 1 is 1.19 bits per heavy atom. The Labute approximate surface area is 147 Å². The molecule has 2 aromatic rings. The van der Waals surface area contributed by atoms with Gasteiger partial charge < -0.3 is 10.2 Å². The van der Waals surface area contributed by atoms with Gasteiger partial charge in [0.2, 0.25) is 0 Å². The molecule has 134 valence electrons. The fraction of sp³-hybridized carbons (Fsp3) is 0.222. The van der Waals surface area contributed by atoms with E-state index in [1.807, 2.05) is 0 Å². The number of aliphatic hydroxyl groups is 2. The minimum absolute atomic E-state index is 0.208. The van der Waals surface area contributed by atoms with E-state index in [1.165, 1.54) is 6.92 Å². The normalized spacial score (nSPS) is 20.7. The smallest absolute Gasteiger partial charge is 0.167 e. The minimum atomic E-state index is -2.01. The summed E-state index contributed by atoms with van der Waals surface area (Å²) in [6.07, 6.45) is -3.57. The van der Waals surface area contributed by atoms with Crippen LogP contribution in [0.5, 0.6) is 0 Å². The number of anilines is 1. The number of halogens is 3. The highest BCUT2D eigenvalue weighted by atomic mass is 19.2. The van der Waals surface area contributed by atoms with Gasteiger partial charge in [-0.15, -0.1) is 0 Å². The second-order valence-electron chi connectivity index (χ2n) is 5.88. The molecule has 0 saturated carbocycles. The Morgan fingerprint density at radius 3 is 2.46 bits per heavy atom. The Hall–Kier alpha value is -2.89. The highest BCUT2D eigenvalue weighted by Gasteiger charge is 2.44. The predicted octanol–water partition coefficient (Wildman–Crippen LogP) is 2.78. The molecule has 0 aliphatic carbocycles. The Bertz CT molecular complexity index is 886. The summed E-state index contributed by atoms with van der Waals surface area (Å²) >= 11 is 0. The fourth-order valence-corrected chi connectivity index (χ4v) is 2.93. The lowest BCUT2D eigenvalue weighted by molar-refractivity contribution is 0.0489. The van der Waals surface area contributed by atoms with Gasteiger partial charge in [-0.25, -0.2) is 18.2 Å². The van der Waals surface area contributed by atoms with Crippen molar-refractivity contribution >= 4 is 11.4 Å². The van der Waals surface area contributed by atoms with Crippen molar-refractivity contribution in [3.05, 3.63) is 65.0 Å². The minimum Gasteiger partial charge on any atom is -0.387 e. The van der Waals surface area contributed by atoms with Gasteiger partial charge in [0.15, 0.2) is 17.9 Å². The number of hydrogen-bond acceptors (Lipinski definition) is 5. The first-order valence-corrected chi connectivity index (χ1v) is 7.69. The Morgan fingerprint density at radius 2 is 1.85 bits per heavy atom. The number of aryl methyl sites for hydroxylation is 1. The molecule has 0 saturated heterocycles. The summed E-state index contributed by atoms with van der Waals surface area (Å²) in [5.74, 6) is -5.49. The first-order chi connectivity index (χ1) is 12.4. The third-order valence-corrected chi connectivity index (χ3v) is 4.25. The summed E-state index contributed by atoms with van der Waals surface area (Å²) in [6.45, 7) is 1.22. The summed E-state index contributed by atoms with van der Waals surface area (Å²) in [4.78, 5) is 0. The van der Waals surface area contributed by atoms with Gasteiger partial charge in [0.05, 0.1) is 23.3 Å². The molecule has 0 spiro atoms. The van der Waals surface area contributed by atoms with Crippen molar-refractivity contribution in [2.75, 3.05) is 5.01 Å². The standard InChI is InChI=1S/C18H14F3N3O2/c1-9-7-11(19)16(21)14(15(9)20)17(25)13-12(8-22)23-24(18(13)26)10-5-3-2-4-6-10/h2-7,13,17-18,25-26H,1H3. The molecule has 3 rings (SSSR count). The number of rotatable bonds is 3. The SMILES string of the molecule is Cc1cc(F)c(F)c(C(O)C2C(C#N)=NN(c3ccccc3)C2O)c1F. The Kier molecular flexibility index (Phi) is 4.68.